The van der Waals surface area contributed by atoms with E-state index >= 15 is 0 Å². The normalized spacial score (nSPS) is 31.0. The molecular formula is C20H40O3. The smallest absolute Gasteiger partial charge is 0.0835 e. The molecule has 0 aromatic heterocycles. The molecule has 23 heavy (non-hydrogen) atoms. The lowest BCUT2D eigenvalue weighted by Crippen LogP contribution is -2.31. The monoisotopic (exact) mass is 328 g/mol. The molecule has 0 aromatic carbocycles. The van der Waals surface area contributed by atoms with Crippen LogP contribution in [0.5, 0.6) is 0 Å². The van der Waals surface area contributed by atoms with Crippen molar-refractivity contribution >= 4 is 0 Å². The summed E-state index contributed by atoms with van der Waals surface area (Å²) in [5, 5.41) is 9.19. The molecule has 1 aliphatic heterocycles. The van der Waals surface area contributed by atoms with Gasteiger partial charge in [0.25, 0.3) is 0 Å². The second-order valence-electron chi connectivity index (χ2n) is 7.85. The Morgan fingerprint density at radius 3 is 1.91 bits per heavy atom. The first kappa shape index (κ1) is 20.9. The average Bonchev–Trinajstić information content (AvgIpc) is 3.23. The summed E-state index contributed by atoms with van der Waals surface area (Å²) in [7, 11) is 0. The third-order valence-electron chi connectivity index (χ3n) is 5.48. The zero-order valence-corrected chi connectivity index (χ0v) is 16.2. The largest absolute Gasteiger partial charge is 0.390 e. The Hall–Kier alpha value is -0.120. The Labute approximate surface area is 144 Å². The maximum absolute atomic E-state index is 9.19. The highest BCUT2D eigenvalue weighted by Crippen LogP contribution is 2.33. The molecule has 2 aliphatic carbocycles. The summed E-state index contributed by atoms with van der Waals surface area (Å²) in [5.41, 5.74) is -0.147. The van der Waals surface area contributed by atoms with Gasteiger partial charge in [-0.25, -0.2) is 0 Å². The SMILES string of the molecule is CC.CC1(O)CCCC1.CC1CCOC1COC1(C)CCCC1. The van der Waals surface area contributed by atoms with Crippen LogP contribution in [0.4, 0.5) is 0 Å². The van der Waals surface area contributed by atoms with Crippen molar-refractivity contribution in [3.8, 4) is 0 Å². The lowest BCUT2D eigenvalue weighted by atomic mass is 10.0. The van der Waals surface area contributed by atoms with Gasteiger partial charge in [0, 0.05) is 6.61 Å². The molecule has 1 N–H and O–H groups in total. The van der Waals surface area contributed by atoms with Gasteiger partial charge in [0.15, 0.2) is 0 Å². The molecule has 2 saturated carbocycles. The summed E-state index contributed by atoms with van der Waals surface area (Å²) in [6.07, 6.45) is 11.1. The standard InChI is InChI=1S/C12H22O2.C6H12O.C2H6/c1-10-5-8-13-11(10)9-14-12(2)6-3-4-7-12;1-6(7)4-2-3-5-6;1-2/h10-11H,3-9H2,1-2H3;7H,2-5H2,1H3;1-2H3. The number of hydrogen-bond acceptors (Lipinski definition) is 3. The molecule has 0 aromatic rings. The number of hydrogen-bond donors (Lipinski definition) is 1. The van der Waals surface area contributed by atoms with E-state index in [1.165, 1.54) is 44.9 Å². The molecule has 3 nitrogen and oxygen atoms in total. The Bertz CT molecular complexity index is 300. The molecule has 0 radical (unpaired) electrons. The van der Waals surface area contributed by atoms with Gasteiger partial charge in [0.05, 0.1) is 23.9 Å². The highest BCUT2D eigenvalue weighted by atomic mass is 16.5. The molecule has 1 heterocycles. The van der Waals surface area contributed by atoms with Gasteiger partial charge in [0.1, 0.15) is 0 Å². The Morgan fingerprint density at radius 2 is 1.52 bits per heavy atom. The van der Waals surface area contributed by atoms with Crippen LogP contribution >= 0.6 is 0 Å². The predicted molar refractivity (Wildman–Crippen MR) is 96.8 cm³/mol. The number of aliphatic hydroxyl groups is 1. The number of rotatable bonds is 3. The Balaban J connectivity index is 0.000000247. The molecule has 138 valence electrons. The summed E-state index contributed by atoms with van der Waals surface area (Å²) >= 11 is 0. The average molecular weight is 329 g/mol. The van der Waals surface area contributed by atoms with Crippen LogP contribution in [0.25, 0.3) is 0 Å². The van der Waals surface area contributed by atoms with Gasteiger partial charge in [-0.1, -0.05) is 46.5 Å². The molecule has 2 unspecified atom stereocenters. The van der Waals surface area contributed by atoms with Gasteiger partial charge >= 0.3 is 0 Å². The fourth-order valence-corrected chi connectivity index (χ4v) is 3.66. The molecule has 0 bridgehead atoms. The summed E-state index contributed by atoms with van der Waals surface area (Å²) in [6.45, 7) is 12.2. The summed E-state index contributed by atoms with van der Waals surface area (Å²) < 4.78 is 11.7. The molecular weight excluding hydrogens is 288 g/mol. The fraction of sp³-hybridized carbons (Fsp3) is 1.00. The van der Waals surface area contributed by atoms with Gasteiger partial charge in [0.2, 0.25) is 0 Å². The van der Waals surface area contributed by atoms with Crippen molar-refractivity contribution in [1.29, 1.82) is 0 Å². The van der Waals surface area contributed by atoms with Crippen LogP contribution in [-0.4, -0.2) is 35.6 Å². The zero-order chi connectivity index (χ0) is 17.3. The summed E-state index contributed by atoms with van der Waals surface area (Å²) in [4.78, 5) is 0. The summed E-state index contributed by atoms with van der Waals surface area (Å²) in [6, 6.07) is 0. The zero-order valence-electron chi connectivity index (χ0n) is 16.2. The third kappa shape index (κ3) is 7.53. The fourth-order valence-electron chi connectivity index (χ4n) is 3.66. The van der Waals surface area contributed by atoms with Crippen LogP contribution in [0.3, 0.4) is 0 Å². The van der Waals surface area contributed by atoms with Crippen molar-refractivity contribution < 1.29 is 14.6 Å². The van der Waals surface area contributed by atoms with E-state index in [1.54, 1.807) is 0 Å². The Morgan fingerprint density at radius 1 is 1.00 bits per heavy atom. The van der Waals surface area contributed by atoms with Crippen molar-refractivity contribution in [2.75, 3.05) is 13.2 Å². The summed E-state index contributed by atoms with van der Waals surface area (Å²) in [5.74, 6) is 0.681. The first-order chi connectivity index (χ1) is 10.9. The van der Waals surface area contributed by atoms with Crippen molar-refractivity contribution in [3.63, 3.8) is 0 Å². The van der Waals surface area contributed by atoms with Crippen LogP contribution in [0.1, 0.15) is 92.4 Å². The van der Waals surface area contributed by atoms with E-state index in [2.05, 4.69) is 13.8 Å². The van der Waals surface area contributed by atoms with Gasteiger partial charge in [-0.15, -0.1) is 0 Å². The van der Waals surface area contributed by atoms with Crippen molar-refractivity contribution in [2.45, 2.75) is 110 Å². The first-order valence-corrected chi connectivity index (χ1v) is 9.88. The minimum absolute atomic E-state index is 0.158. The van der Waals surface area contributed by atoms with Crippen LogP contribution in [0.15, 0.2) is 0 Å². The van der Waals surface area contributed by atoms with E-state index in [1.807, 2.05) is 20.8 Å². The van der Waals surface area contributed by atoms with Gasteiger partial charge in [-0.3, -0.25) is 0 Å². The molecule has 1 saturated heterocycles. The second-order valence-corrected chi connectivity index (χ2v) is 7.85. The van der Waals surface area contributed by atoms with Crippen LogP contribution < -0.4 is 0 Å². The second kappa shape index (κ2) is 10.0. The van der Waals surface area contributed by atoms with E-state index in [0.717, 1.165) is 26.1 Å². The molecule has 2 atom stereocenters. The van der Waals surface area contributed by atoms with Crippen molar-refractivity contribution in [1.82, 2.24) is 0 Å². The quantitative estimate of drug-likeness (QED) is 0.783. The van der Waals surface area contributed by atoms with E-state index in [0.29, 0.717) is 12.0 Å². The van der Waals surface area contributed by atoms with Crippen molar-refractivity contribution in [2.24, 2.45) is 5.92 Å². The van der Waals surface area contributed by atoms with E-state index in [9.17, 15) is 5.11 Å². The van der Waals surface area contributed by atoms with E-state index in [-0.39, 0.29) is 11.2 Å². The lowest BCUT2D eigenvalue weighted by Gasteiger charge is -2.27. The van der Waals surface area contributed by atoms with Gasteiger partial charge < -0.3 is 14.6 Å². The highest BCUT2D eigenvalue weighted by Gasteiger charge is 2.32. The molecule has 0 spiro atoms. The van der Waals surface area contributed by atoms with Crippen molar-refractivity contribution in [3.05, 3.63) is 0 Å². The van der Waals surface area contributed by atoms with Crippen LogP contribution in [0.2, 0.25) is 0 Å². The van der Waals surface area contributed by atoms with Gasteiger partial charge in [-0.05, 0) is 51.9 Å². The van der Waals surface area contributed by atoms with E-state index in [4.69, 9.17) is 9.47 Å². The molecule has 0 amide bonds. The highest BCUT2D eigenvalue weighted by molar-refractivity contribution is 4.83. The molecule has 3 fully saturated rings. The minimum Gasteiger partial charge on any atom is -0.390 e. The number of ether oxygens (including phenoxy) is 2. The Kier molecular flexibility index (Phi) is 9.10. The van der Waals surface area contributed by atoms with Crippen LogP contribution in [-0.2, 0) is 9.47 Å². The third-order valence-corrected chi connectivity index (χ3v) is 5.48. The maximum Gasteiger partial charge on any atom is 0.0835 e. The minimum atomic E-state index is -0.306. The molecule has 3 rings (SSSR count). The molecule has 3 heteroatoms. The topological polar surface area (TPSA) is 38.7 Å². The van der Waals surface area contributed by atoms with Gasteiger partial charge in [-0.2, -0.15) is 0 Å². The maximum atomic E-state index is 9.19. The predicted octanol–water partition coefficient (Wildman–Crippen LogP) is 5.10. The van der Waals surface area contributed by atoms with E-state index < -0.39 is 0 Å². The lowest BCUT2D eigenvalue weighted by molar-refractivity contribution is -0.0773. The first-order valence-electron chi connectivity index (χ1n) is 9.88. The molecule has 3 aliphatic rings. The van der Waals surface area contributed by atoms with Crippen LogP contribution in [0, 0.1) is 5.92 Å².